The Labute approximate surface area is 124 Å². The third kappa shape index (κ3) is 9.53. The van der Waals surface area contributed by atoms with Crippen LogP contribution in [0.5, 0.6) is 0 Å². The molecule has 0 fully saturated rings. The summed E-state index contributed by atoms with van der Waals surface area (Å²) in [7, 11) is 1.21. The van der Waals surface area contributed by atoms with E-state index in [1.165, 1.54) is 7.11 Å². The molecule has 0 aromatic carbocycles. The second-order valence-corrected chi connectivity index (χ2v) is 5.93. The number of carbonyl (C=O) groups excluding carboxylic acids is 3. The summed E-state index contributed by atoms with van der Waals surface area (Å²) in [5.74, 6) is -0.389. The first-order valence-corrected chi connectivity index (χ1v) is 6.68. The van der Waals surface area contributed by atoms with Crippen LogP contribution >= 0.6 is 0 Å². The zero-order valence-electron chi connectivity index (χ0n) is 13.4. The molecule has 0 aliphatic rings. The van der Waals surface area contributed by atoms with Crippen LogP contribution in [0.3, 0.4) is 0 Å². The van der Waals surface area contributed by atoms with Crippen molar-refractivity contribution in [3.8, 4) is 0 Å². The van der Waals surface area contributed by atoms with Crippen LogP contribution in [0, 0.1) is 5.92 Å². The number of rotatable bonds is 4. The maximum Gasteiger partial charge on any atom is 0.426 e. The van der Waals surface area contributed by atoms with Gasteiger partial charge in [0.25, 0.3) is 5.91 Å². The Morgan fingerprint density at radius 2 is 1.62 bits per heavy atom. The average molecular weight is 303 g/mol. The van der Waals surface area contributed by atoms with Crippen LogP contribution < -0.4 is 16.2 Å². The molecule has 3 amide bonds. The fourth-order valence-electron chi connectivity index (χ4n) is 1.41. The lowest BCUT2D eigenvalue weighted by Crippen LogP contribution is -2.53. The molecule has 0 spiro atoms. The van der Waals surface area contributed by atoms with Crippen LogP contribution in [-0.2, 0) is 14.3 Å². The van der Waals surface area contributed by atoms with Crippen LogP contribution in [0.1, 0.15) is 41.0 Å². The maximum atomic E-state index is 11.9. The highest BCUT2D eigenvalue weighted by Gasteiger charge is 2.23. The highest BCUT2D eigenvalue weighted by atomic mass is 16.6. The number of amides is 3. The molecule has 21 heavy (non-hydrogen) atoms. The summed E-state index contributed by atoms with van der Waals surface area (Å²) in [6.45, 7) is 8.92. The van der Waals surface area contributed by atoms with E-state index in [1.807, 2.05) is 13.8 Å². The van der Waals surface area contributed by atoms with E-state index in [9.17, 15) is 14.4 Å². The first-order valence-electron chi connectivity index (χ1n) is 6.68. The molecule has 0 aromatic rings. The lowest BCUT2D eigenvalue weighted by Gasteiger charge is -2.22. The SMILES string of the molecule is COC(=O)N[C@@H](CC(C)C)C(=O)NNC(=O)OC(C)(C)C. The number of alkyl carbamates (subject to hydrolysis) is 1. The van der Waals surface area contributed by atoms with Crippen molar-refractivity contribution in [3.63, 3.8) is 0 Å². The highest BCUT2D eigenvalue weighted by molar-refractivity contribution is 5.86. The van der Waals surface area contributed by atoms with Gasteiger partial charge in [-0.05, 0) is 33.1 Å². The molecular formula is C13H25N3O5. The second-order valence-electron chi connectivity index (χ2n) is 5.93. The Hall–Kier alpha value is -1.99. The summed E-state index contributed by atoms with van der Waals surface area (Å²) < 4.78 is 9.44. The van der Waals surface area contributed by atoms with Gasteiger partial charge in [-0.3, -0.25) is 10.2 Å². The van der Waals surface area contributed by atoms with E-state index in [1.54, 1.807) is 20.8 Å². The molecule has 0 unspecified atom stereocenters. The molecule has 0 rings (SSSR count). The third-order valence-electron chi connectivity index (χ3n) is 2.19. The van der Waals surface area contributed by atoms with Gasteiger partial charge in [0.05, 0.1) is 7.11 Å². The fourth-order valence-corrected chi connectivity index (χ4v) is 1.41. The van der Waals surface area contributed by atoms with Gasteiger partial charge in [0.1, 0.15) is 11.6 Å². The molecule has 0 aliphatic carbocycles. The molecule has 0 radical (unpaired) electrons. The average Bonchev–Trinajstić information content (AvgIpc) is 2.32. The Kier molecular flexibility index (Phi) is 7.54. The maximum absolute atomic E-state index is 11.9. The number of ether oxygens (including phenoxy) is 2. The number of methoxy groups -OCH3 is 1. The number of hydrazine groups is 1. The predicted molar refractivity (Wildman–Crippen MR) is 76.3 cm³/mol. The standard InChI is InChI=1S/C13H25N3O5/c1-8(2)7-9(14-11(18)20-6)10(17)15-16-12(19)21-13(3,4)5/h8-9H,7H2,1-6H3,(H,14,18)(H,15,17)(H,16,19)/t9-/m0/s1. The van der Waals surface area contributed by atoms with E-state index in [0.29, 0.717) is 6.42 Å². The summed E-state index contributed by atoms with van der Waals surface area (Å²) >= 11 is 0. The second kappa shape index (κ2) is 8.33. The van der Waals surface area contributed by atoms with Crippen LogP contribution in [-0.4, -0.2) is 36.8 Å². The molecule has 1 atom stereocenters. The smallest absolute Gasteiger partial charge is 0.426 e. The molecule has 8 nitrogen and oxygen atoms in total. The van der Waals surface area contributed by atoms with Crippen molar-refractivity contribution in [2.24, 2.45) is 5.92 Å². The van der Waals surface area contributed by atoms with Crippen LogP contribution in [0.4, 0.5) is 9.59 Å². The van der Waals surface area contributed by atoms with Crippen molar-refractivity contribution in [3.05, 3.63) is 0 Å². The molecule has 0 saturated heterocycles. The van der Waals surface area contributed by atoms with Gasteiger partial charge in [-0.2, -0.15) is 0 Å². The monoisotopic (exact) mass is 303 g/mol. The van der Waals surface area contributed by atoms with Crippen molar-refractivity contribution in [1.82, 2.24) is 16.2 Å². The topological polar surface area (TPSA) is 106 Å². The minimum Gasteiger partial charge on any atom is -0.453 e. The van der Waals surface area contributed by atoms with E-state index in [0.717, 1.165) is 0 Å². The predicted octanol–water partition coefficient (Wildman–Crippen LogP) is 1.31. The number of hydrogen-bond acceptors (Lipinski definition) is 5. The zero-order chi connectivity index (χ0) is 16.6. The highest BCUT2D eigenvalue weighted by Crippen LogP contribution is 2.07. The Balaban J connectivity index is 4.46. The molecule has 0 aromatic heterocycles. The van der Waals surface area contributed by atoms with Crippen LogP contribution in [0.2, 0.25) is 0 Å². The van der Waals surface area contributed by atoms with E-state index in [2.05, 4.69) is 20.9 Å². The molecule has 8 heteroatoms. The van der Waals surface area contributed by atoms with E-state index < -0.39 is 29.7 Å². The first kappa shape index (κ1) is 19.0. The lowest BCUT2D eigenvalue weighted by molar-refractivity contribution is -0.124. The van der Waals surface area contributed by atoms with Crippen molar-refractivity contribution >= 4 is 18.1 Å². The molecule has 0 bridgehead atoms. The van der Waals surface area contributed by atoms with Gasteiger partial charge in [-0.1, -0.05) is 13.8 Å². The zero-order valence-corrected chi connectivity index (χ0v) is 13.4. The summed E-state index contributed by atoms with van der Waals surface area (Å²) in [5, 5.41) is 2.40. The van der Waals surface area contributed by atoms with Crippen LogP contribution in [0.15, 0.2) is 0 Å². The molecule has 3 N–H and O–H groups in total. The van der Waals surface area contributed by atoms with Crippen molar-refractivity contribution in [2.45, 2.75) is 52.7 Å². The van der Waals surface area contributed by atoms with Gasteiger partial charge in [0, 0.05) is 0 Å². The Morgan fingerprint density at radius 3 is 2.05 bits per heavy atom. The summed E-state index contributed by atoms with van der Waals surface area (Å²) in [5.41, 5.74) is 3.67. The molecular weight excluding hydrogens is 278 g/mol. The van der Waals surface area contributed by atoms with Crippen molar-refractivity contribution < 1.29 is 23.9 Å². The minimum atomic E-state index is -0.813. The molecule has 122 valence electrons. The number of carbonyl (C=O) groups is 3. The summed E-state index contributed by atoms with van der Waals surface area (Å²) in [4.78, 5) is 34.6. The largest absolute Gasteiger partial charge is 0.453 e. The van der Waals surface area contributed by atoms with Gasteiger partial charge in [-0.25, -0.2) is 15.0 Å². The van der Waals surface area contributed by atoms with Gasteiger partial charge in [0.2, 0.25) is 0 Å². The first-order chi connectivity index (χ1) is 9.55. The van der Waals surface area contributed by atoms with Crippen molar-refractivity contribution in [1.29, 1.82) is 0 Å². The molecule has 0 aliphatic heterocycles. The van der Waals surface area contributed by atoms with Crippen molar-refractivity contribution in [2.75, 3.05) is 7.11 Å². The fraction of sp³-hybridized carbons (Fsp3) is 0.769. The van der Waals surface area contributed by atoms with E-state index in [-0.39, 0.29) is 5.92 Å². The summed E-state index contributed by atoms with van der Waals surface area (Å²) in [6.07, 6.45) is -1.10. The minimum absolute atomic E-state index is 0.166. The normalized spacial score (nSPS) is 12.3. The molecule has 0 saturated carbocycles. The van der Waals surface area contributed by atoms with Crippen LogP contribution in [0.25, 0.3) is 0 Å². The Bertz CT molecular complexity index is 376. The number of nitrogens with one attached hydrogen (secondary N) is 3. The lowest BCUT2D eigenvalue weighted by atomic mass is 10.0. The van der Waals surface area contributed by atoms with Gasteiger partial charge >= 0.3 is 12.2 Å². The Morgan fingerprint density at radius 1 is 1.05 bits per heavy atom. The number of hydrogen-bond donors (Lipinski definition) is 3. The van der Waals surface area contributed by atoms with Gasteiger partial charge in [0.15, 0.2) is 0 Å². The van der Waals surface area contributed by atoms with E-state index in [4.69, 9.17) is 4.74 Å². The van der Waals surface area contributed by atoms with Gasteiger partial charge in [-0.15, -0.1) is 0 Å². The quantitative estimate of drug-likeness (QED) is 0.679. The van der Waals surface area contributed by atoms with E-state index >= 15 is 0 Å². The molecule has 0 heterocycles. The summed E-state index contributed by atoms with van der Waals surface area (Å²) in [6, 6.07) is -0.813. The third-order valence-corrected chi connectivity index (χ3v) is 2.19. The van der Waals surface area contributed by atoms with Gasteiger partial charge < -0.3 is 14.8 Å².